The molecule has 0 spiro atoms. The molecular weight excluding hydrogens is 220 g/mol. The molecule has 0 heterocycles. The summed E-state index contributed by atoms with van der Waals surface area (Å²) in [6.45, 7) is 4.10. The number of fused-ring (bicyclic) bond motifs is 1. The summed E-state index contributed by atoms with van der Waals surface area (Å²) in [5, 5.41) is -0.273. The van der Waals surface area contributed by atoms with Crippen LogP contribution in [0.1, 0.15) is 42.9 Å². The third kappa shape index (κ3) is 2.15. The number of hydrogen-bond donors (Lipinski definition) is 0. The predicted octanol–water partition coefficient (Wildman–Crippen LogP) is 3.68. The molecular formula is C14H17ClO. The number of hydrogen-bond acceptors (Lipinski definition) is 1. The Kier molecular flexibility index (Phi) is 3.34. The highest BCUT2D eigenvalue weighted by Crippen LogP contribution is 2.31. The summed E-state index contributed by atoms with van der Waals surface area (Å²) in [5.74, 6) is 0.597. The van der Waals surface area contributed by atoms with Gasteiger partial charge in [0.05, 0.1) is 5.92 Å². The minimum absolute atomic E-state index is 0.187. The van der Waals surface area contributed by atoms with Gasteiger partial charge in [-0.2, -0.15) is 0 Å². The van der Waals surface area contributed by atoms with Gasteiger partial charge in [-0.15, -0.1) is 0 Å². The van der Waals surface area contributed by atoms with Gasteiger partial charge in [-0.25, -0.2) is 0 Å². The fourth-order valence-corrected chi connectivity index (χ4v) is 2.54. The Labute approximate surface area is 102 Å². The van der Waals surface area contributed by atoms with Crippen LogP contribution in [-0.2, 0) is 17.6 Å². The summed E-state index contributed by atoms with van der Waals surface area (Å²) < 4.78 is 0. The maximum Gasteiger partial charge on any atom is 0.228 e. The monoisotopic (exact) mass is 236 g/mol. The van der Waals surface area contributed by atoms with Crippen LogP contribution in [0, 0.1) is 5.92 Å². The first-order valence-electron chi connectivity index (χ1n) is 5.92. The molecule has 0 saturated heterocycles. The lowest BCUT2D eigenvalue weighted by atomic mass is 9.98. The highest BCUT2D eigenvalue weighted by Gasteiger charge is 2.21. The van der Waals surface area contributed by atoms with Crippen LogP contribution in [0.4, 0.5) is 0 Å². The number of rotatable bonds is 3. The lowest BCUT2D eigenvalue weighted by Crippen LogP contribution is -2.02. The van der Waals surface area contributed by atoms with E-state index in [1.807, 2.05) is 13.0 Å². The van der Waals surface area contributed by atoms with Gasteiger partial charge in [0.15, 0.2) is 0 Å². The lowest BCUT2D eigenvalue weighted by Gasteiger charge is -2.08. The lowest BCUT2D eigenvalue weighted by molar-refractivity contribution is -0.112. The Balaban J connectivity index is 2.25. The van der Waals surface area contributed by atoms with E-state index < -0.39 is 0 Å². The van der Waals surface area contributed by atoms with Gasteiger partial charge in [-0.1, -0.05) is 38.5 Å². The molecule has 16 heavy (non-hydrogen) atoms. The van der Waals surface area contributed by atoms with E-state index in [-0.39, 0.29) is 11.2 Å². The highest BCUT2D eigenvalue weighted by atomic mass is 35.5. The van der Waals surface area contributed by atoms with Gasteiger partial charge in [0.2, 0.25) is 5.24 Å². The first kappa shape index (κ1) is 11.7. The molecule has 2 atom stereocenters. The molecule has 1 aromatic rings. The van der Waals surface area contributed by atoms with Gasteiger partial charge in [0.25, 0.3) is 0 Å². The second-order valence-electron chi connectivity index (χ2n) is 4.74. The quantitative estimate of drug-likeness (QED) is 0.732. The Hall–Kier alpha value is -0.820. The van der Waals surface area contributed by atoms with Crippen molar-refractivity contribution in [2.45, 2.75) is 39.0 Å². The number of carbonyl (C=O) groups excluding carboxylic acids is 1. The van der Waals surface area contributed by atoms with E-state index >= 15 is 0 Å². The van der Waals surface area contributed by atoms with E-state index in [1.54, 1.807) is 0 Å². The topological polar surface area (TPSA) is 17.1 Å². The van der Waals surface area contributed by atoms with E-state index in [9.17, 15) is 4.79 Å². The molecule has 1 aliphatic carbocycles. The Bertz CT molecular complexity index is 411. The summed E-state index contributed by atoms with van der Waals surface area (Å²) >= 11 is 5.53. The van der Waals surface area contributed by atoms with Crippen molar-refractivity contribution in [2.24, 2.45) is 5.92 Å². The molecule has 0 amide bonds. The van der Waals surface area contributed by atoms with Crippen molar-refractivity contribution in [3.63, 3.8) is 0 Å². The molecule has 0 aliphatic heterocycles. The van der Waals surface area contributed by atoms with Gasteiger partial charge in [-0.3, -0.25) is 4.79 Å². The average molecular weight is 237 g/mol. The van der Waals surface area contributed by atoms with Gasteiger partial charge in [0.1, 0.15) is 0 Å². The highest BCUT2D eigenvalue weighted by molar-refractivity contribution is 6.64. The van der Waals surface area contributed by atoms with E-state index in [2.05, 4.69) is 19.1 Å². The van der Waals surface area contributed by atoms with Gasteiger partial charge in [-0.05, 0) is 47.1 Å². The Morgan fingerprint density at radius 1 is 1.44 bits per heavy atom. The largest absolute Gasteiger partial charge is 0.281 e. The van der Waals surface area contributed by atoms with Gasteiger partial charge < -0.3 is 0 Å². The number of halogens is 1. The van der Waals surface area contributed by atoms with Crippen LogP contribution < -0.4 is 0 Å². The van der Waals surface area contributed by atoms with Gasteiger partial charge in [0, 0.05) is 0 Å². The third-order valence-corrected chi connectivity index (χ3v) is 3.99. The summed E-state index contributed by atoms with van der Waals surface area (Å²) in [6, 6.07) is 6.37. The van der Waals surface area contributed by atoms with E-state index in [4.69, 9.17) is 11.6 Å². The maximum absolute atomic E-state index is 11.1. The predicted molar refractivity (Wildman–Crippen MR) is 66.9 cm³/mol. The molecule has 1 aliphatic rings. The molecule has 2 heteroatoms. The molecule has 1 nitrogen and oxygen atoms in total. The maximum atomic E-state index is 11.1. The second kappa shape index (κ2) is 4.58. The van der Waals surface area contributed by atoms with E-state index in [0.29, 0.717) is 0 Å². The zero-order valence-electron chi connectivity index (χ0n) is 9.79. The second-order valence-corrected chi connectivity index (χ2v) is 5.11. The minimum Gasteiger partial charge on any atom is -0.281 e. The van der Waals surface area contributed by atoms with Crippen molar-refractivity contribution in [3.05, 3.63) is 34.9 Å². The van der Waals surface area contributed by atoms with E-state index in [0.717, 1.165) is 17.9 Å². The van der Waals surface area contributed by atoms with Crippen LogP contribution in [0.2, 0.25) is 0 Å². The molecule has 0 fully saturated rings. The fraction of sp³-hybridized carbons (Fsp3) is 0.500. The summed E-state index contributed by atoms with van der Waals surface area (Å²) in [6.07, 6.45) is 3.58. The van der Waals surface area contributed by atoms with Crippen LogP contribution in [0.3, 0.4) is 0 Å². The third-order valence-electron chi connectivity index (χ3n) is 3.67. The van der Waals surface area contributed by atoms with E-state index in [1.165, 1.54) is 24.0 Å². The normalized spacial score (nSPS) is 20.6. The zero-order chi connectivity index (χ0) is 11.7. The van der Waals surface area contributed by atoms with Crippen molar-refractivity contribution in [1.29, 1.82) is 0 Å². The first-order valence-corrected chi connectivity index (χ1v) is 6.30. The molecule has 2 unspecified atom stereocenters. The van der Waals surface area contributed by atoms with Crippen LogP contribution in [0.25, 0.3) is 0 Å². The smallest absolute Gasteiger partial charge is 0.228 e. The van der Waals surface area contributed by atoms with Crippen LogP contribution >= 0.6 is 11.6 Å². The summed E-state index contributed by atoms with van der Waals surface area (Å²) in [7, 11) is 0. The van der Waals surface area contributed by atoms with Crippen LogP contribution in [0.15, 0.2) is 18.2 Å². The summed E-state index contributed by atoms with van der Waals surface area (Å²) in [5.41, 5.74) is 3.91. The van der Waals surface area contributed by atoms with Crippen molar-refractivity contribution in [1.82, 2.24) is 0 Å². The molecule has 86 valence electrons. The molecule has 0 bridgehead atoms. The first-order chi connectivity index (χ1) is 7.61. The zero-order valence-corrected chi connectivity index (χ0v) is 10.6. The Morgan fingerprint density at radius 3 is 2.75 bits per heavy atom. The number of benzene rings is 1. The number of carbonyl (C=O) groups is 1. The molecule has 0 aromatic heterocycles. The fourth-order valence-electron chi connectivity index (χ4n) is 2.42. The van der Waals surface area contributed by atoms with Crippen molar-refractivity contribution in [2.75, 3.05) is 0 Å². The van der Waals surface area contributed by atoms with Crippen LogP contribution in [0.5, 0.6) is 0 Å². The molecule has 0 radical (unpaired) electrons. The Morgan fingerprint density at radius 2 is 2.12 bits per heavy atom. The molecule has 2 rings (SSSR count). The van der Waals surface area contributed by atoms with Crippen molar-refractivity contribution < 1.29 is 4.79 Å². The van der Waals surface area contributed by atoms with Crippen molar-refractivity contribution >= 4 is 16.8 Å². The minimum atomic E-state index is -0.273. The standard InChI is InChI=1S/C14H17ClO/c1-3-10-6-12-5-4-11(8-13(12)7-10)9(2)14(15)16/h4-5,8-10H,3,6-7H2,1-2H3. The SMILES string of the molecule is CCC1Cc2ccc(C(C)C(=O)Cl)cc2C1. The van der Waals surface area contributed by atoms with Crippen LogP contribution in [-0.4, -0.2) is 5.24 Å². The molecule has 0 saturated carbocycles. The summed E-state index contributed by atoms with van der Waals surface area (Å²) in [4.78, 5) is 11.1. The van der Waals surface area contributed by atoms with Gasteiger partial charge >= 0.3 is 0 Å². The average Bonchev–Trinajstić information content (AvgIpc) is 2.69. The van der Waals surface area contributed by atoms with Crippen molar-refractivity contribution in [3.8, 4) is 0 Å². The molecule has 1 aromatic carbocycles. The molecule has 0 N–H and O–H groups in total.